The van der Waals surface area contributed by atoms with E-state index in [9.17, 15) is 14.4 Å². The minimum absolute atomic E-state index is 0.0508. The average Bonchev–Trinajstić information content (AvgIpc) is 3.45. The standard InChI is InChI=1S/C34H28F3N3O8S/c1-44-12-13-46-33(43)48-17-47-30-23(41)8-9-39-29(30)32(42)38-10-11-45-15-24(38)40(39)28-19-4-2-3-5-20(19)31-25-18(16-49-31)14-34(36,37)27-22(35)7-6-21(28)26(25)27/h2-9,16,24,28H,10-15,17H2,1H3/t24-,28-/m1/s1. The molecule has 0 unspecified atom stereocenters. The topological polar surface area (TPSA) is 109 Å². The van der Waals surface area contributed by atoms with Gasteiger partial charge in [0.15, 0.2) is 5.69 Å². The summed E-state index contributed by atoms with van der Waals surface area (Å²) in [5.74, 6) is -5.42. The number of alkyl halides is 2. The number of rotatable bonds is 7. The lowest BCUT2D eigenvalue weighted by Crippen LogP contribution is -2.66. The summed E-state index contributed by atoms with van der Waals surface area (Å²) in [5.41, 5.74) is 1.50. The Balaban J connectivity index is 1.32. The van der Waals surface area contributed by atoms with E-state index in [1.54, 1.807) is 10.4 Å². The van der Waals surface area contributed by atoms with Crippen molar-refractivity contribution >= 4 is 23.4 Å². The summed E-state index contributed by atoms with van der Waals surface area (Å²) < 4.78 is 75.0. The Morgan fingerprint density at radius 2 is 1.90 bits per heavy atom. The van der Waals surface area contributed by atoms with E-state index >= 15 is 13.2 Å². The van der Waals surface area contributed by atoms with Crippen molar-refractivity contribution in [1.82, 2.24) is 9.58 Å². The number of fused-ring (bicyclic) bond motifs is 4. The highest BCUT2D eigenvalue weighted by atomic mass is 32.1. The first kappa shape index (κ1) is 31.4. The van der Waals surface area contributed by atoms with Crippen molar-refractivity contribution in [1.29, 1.82) is 0 Å². The number of hydrogen-bond acceptors (Lipinski definition) is 10. The number of carbonyl (C=O) groups excluding carboxylic acids is 2. The van der Waals surface area contributed by atoms with E-state index in [0.29, 0.717) is 22.3 Å². The van der Waals surface area contributed by atoms with Crippen LogP contribution in [0.5, 0.6) is 5.75 Å². The van der Waals surface area contributed by atoms with Gasteiger partial charge in [-0.15, -0.1) is 11.3 Å². The zero-order valence-corrected chi connectivity index (χ0v) is 26.8. The van der Waals surface area contributed by atoms with E-state index in [1.165, 1.54) is 46.4 Å². The van der Waals surface area contributed by atoms with Gasteiger partial charge < -0.3 is 28.6 Å². The summed E-state index contributed by atoms with van der Waals surface area (Å²) in [4.78, 5) is 41.7. The van der Waals surface area contributed by atoms with Crippen LogP contribution in [0.4, 0.5) is 18.0 Å². The summed E-state index contributed by atoms with van der Waals surface area (Å²) in [6, 6.07) is 10.4. The van der Waals surface area contributed by atoms with Gasteiger partial charge in [-0.2, -0.15) is 0 Å². The maximum absolute atomic E-state index is 15.9. The molecule has 1 amide bonds. The number of ether oxygens (including phenoxy) is 5. The summed E-state index contributed by atoms with van der Waals surface area (Å²) in [6.07, 6.45) is -1.06. The first-order valence-electron chi connectivity index (χ1n) is 15.5. The summed E-state index contributed by atoms with van der Waals surface area (Å²) in [5, 5.41) is 3.50. The lowest BCUT2D eigenvalue weighted by atomic mass is 9.80. The minimum Gasteiger partial charge on any atom is -0.451 e. The Labute approximate surface area is 280 Å². The molecule has 2 aliphatic heterocycles. The number of methoxy groups -OCH3 is 1. The SMILES string of the molecule is COCCOC(=O)OCOc1c2n(ccc1=O)N([C@@H]1c3ccccc3-c3scc4c3-c3c1ccc(F)c3C(F)(F)C4)[C@@H]1COCCN1C2=O. The van der Waals surface area contributed by atoms with E-state index < -0.39 is 60.2 Å². The summed E-state index contributed by atoms with van der Waals surface area (Å²) >= 11 is 1.33. The van der Waals surface area contributed by atoms with Gasteiger partial charge in [-0.05, 0) is 33.7 Å². The van der Waals surface area contributed by atoms with Gasteiger partial charge in [0.1, 0.15) is 18.6 Å². The third kappa shape index (κ3) is 4.89. The van der Waals surface area contributed by atoms with E-state index in [-0.39, 0.29) is 50.0 Å². The van der Waals surface area contributed by atoms with Gasteiger partial charge >= 0.3 is 6.16 Å². The fourth-order valence-electron chi connectivity index (χ4n) is 7.21. The third-order valence-electron chi connectivity index (χ3n) is 9.18. The molecule has 4 heterocycles. The Kier molecular flexibility index (Phi) is 7.65. The number of carbonyl (C=O) groups is 2. The highest BCUT2D eigenvalue weighted by Crippen LogP contribution is 2.58. The number of nitrogens with zero attached hydrogens (tertiary/aromatic N) is 3. The molecule has 2 aromatic carbocycles. The summed E-state index contributed by atoms with van der Waals surface area (Å²) in [7, 11) is 1.44. The largest absolute Gasteiger partial charge is 0.511 e. The molecule has 4 aromatic rings. The van der Waals surface area contributed by atoms with Crippen LogP contribution >= 0.6 is 11.3 Å². The van der Waals surface area contributed by atoms with Gasteiger partial charge in [-0.1, -0.05) is 30.3 Å². The molecule has 1 saturated heterocycles. The van der Waals surface area contributed by atoms with Crippen LogP contribution in [0.2, 0.25) is 0 Å². The third-order valence-corrected chi connectivity index (χ3v) is 10.2. The van der Waals surface area contributed by atoms with Gasteiger partial charge in [-0.25, -0.2) is 18.0 Å². The first-order chi connectivity index (χ1) is 23.7. The molecule has 254 valence electrons. The van der Waals surface area contributed by atoms with E-state index in [4.69, 9.17) is 23.7 Å². The van der Waals surface area contributed by atoms with Crippen LogP contribution in [0.25, 0.3) is 21.6 Å². The van der Waals surface area contributed by atoms with Crippen molar-refractivity contribution < 1.29 is 46.4 Å². The Morgan fingerprint density at radius 3 is 2.73 bits per heavy atom. The van der Waals surface area contributed by atoms with Crippen molar-refractivity contribution in [2.24, 2.45) is 0 Å². The van der Waals surface area contributed by atoms with E-state index in [1.807, 2.05) is 24.3 Å². The molecule has 1 fully saturated rings. The van der Waals surface area contributed by atoms with E-state index in [2.05, 4.69) is 0 Å². The molecule has 0 bridgehead atoms. The molecule has 11 nitrogen and oxygen atoms in total. The van der Waals surface area contributed by atoms with Crippen molar-refractivity contribution in [2.75, 3.05) is 51.9 Å². The maximum atomic E-state index is 15.9. The monoisotopic (exact) mass is 695 g/mol. The predicted molar refractivity (Wildman–Crippen MR) is 169 cm³/mol. The zero-order chi connectivity index (χ0) is 34.0. The van der Waals surface area contributed by atoms with Gasteiger partial charge in [0.05, 0.1) is 31.4 Å². The maximum Gasteiger partial charge on any atom is 0.511 e. The smallest absolute Gasteiger partial charge is 0.451 e. The molecule has 2 atom stereocenters. The molecule has 0 saturated carbocycles. The van der Waals surface area contributed by atoms with Crippen molar-refractivity contribution in [3.63, 3.8) is 0 Å². The fraction of sp³-hybridized carbons (Fsp3) is 0.324. The molecule has 0 radical (unpaired) electrons. The number of aromatic nitrogens is 1. The van der Waals surface area contributed by atoms with E-state index in [0.717, 1.165) is 16.5 Å². The fourth-order valence-corrected chi connectivity index (χ4v) is 8.34. The average molecular weight is 696 g/mol. The number of amides is 1. The molecule has 0 spiro atoms. The van der Waals surface area contributed by atoms with Gasteiger partial charge in [0, 0.05) is 48.3 Å². The lowest BCUT2D eigenvalue weighted by molar-refractivity contribution is -0.0216. The quantitative estimate of drug-likeness (QED) is 0.150. The van der Waals surface area contributed by atoms with Crippen LogP contribution < -0.4 is 15.2 Å². The number of morpholine rings is 1. The van der Waals surface area contributed by atoms with Crippen LogP contribution in [0.3, 0.4) is 0 Å². The number of hydrogen-bond donors (Lipinski definition) is 0. The van der Waals surface area contributed by atoms with Crippen LogP contribution in [0.15, 0.2) is 58.8 Å². The molecule has 15 heteroatoms. The zero-order valence-electron chi connectivity index (χ0n) is 26.0. The Morgan fingerprint density at radius 1 is 1.06 bits per heavy atom. The molecule has 8 rings (SSSR count). The lowest BCUT2D eigenvalue weighted by Gasteiger charge is -2.51. The number of thiophene rings is 1. The first-order valence-corrected chi connectivity index (χ1v) is 16.3. The van der Waals surface area contributed by atoms with Gasteiger partial charge in [0.2, 0.25) is 18.0 Å². The second-order valence-corrected chi connectivity index (χ2v) is 12.7. The van der Waals surface area contributed by atoms with Crippen LogP contribution in [-0.2, 0) is 31.3 Å². The second kappa shape index (κ2) is 11.9. The second-order valence-electron chi connectivity index (χ2n) is 11.9. The van der Waals surface area contributed by atoms with Crippen molar-refractivity contribution in [2.45, 2.75) is 24.6 Å². The van der Waals surface area contributed by atoms with Crippen molar-refractivity contribution in [3.05, 3.63) is 98.0 Å². The van der Waals surface area contributed by atoms with Crippen molar-refractivity contribution in [3.8, 4) is 27.3 Å². The number of halogens is 3. The predicted octanol–water partition coefficient (Wildman–Crippen LogP) is 5.02. The molecule has 0 N–H and O–H groups in total. The highest BCUT2D eigenvalue weighted by molar-refractivity contribution is 7.14. The highest BCUT2D eigenvalue weighted by Gasteiger charge is 2.50. The van der Waals surface area contributed by atoms with Gasteiger partial charge in [0.25, 0.3) is 11.8 Å². The van der Waals surface area contributed by atoms with Gasteiger partial charge in [-0.3, -0.25) is 19.3 Å². The normalized spacial score (nSPS) is 19.6. The summed E-state index contributed by atoms with van der Waals surface area (Å²) in [6.45, 7) is -0.262. The molecule has 4 aliphatic rings. The minimum atomic E-state index is -3.48. The Bertz CT molecular complexity index is 2070. The molecular formula is C34H28F3N3O8S. The molecule has 2 aliphatic carbocycles. The Hall–Kier alpha value is -4.86. The van der Waals surface area contributed by atoms with Crippen LogP contribution in [0.1, 0.15) is 38.8 Å². The van der Waals surface area contributed by atoms with Crippen LogP contribution in [-0.4, -0.2) is 74.7 Å². The molecular weight excluding hydrogens is 667 g/mol. The molecule has 2 aromatic heterocycles. The molecule has 49 heavy (non-hydrogen) atoms. The van der Waals surface area contributed by atoms with Crippen LogP contribution in [0, 0.1) is 5.82 Å². The number of pyridine rings is 1. The number of benzene rings is 2.